The molecule has 0 fully saturated rings. The minimum absolute atomic E-state index is 0.0758. The summed E-state index contributed by atoms with van der Waals surface area (Å²) in [5, 5.41) is 19.0. The Morgan fingerprint density at radius 1 is 1.50 bits per heavy atom. The number of hydrogen-bond acceptors (Lipinski definition) is 6. The van der Waals surface area contributed by atoms with E-state index in [2.05, 4.69) is 0 Å². The molecule has 16 heavy (non-hydrogen) atoms. The number of rotatable bonds is 3. The molecule has 0 amide bonds. The zero-order chi connectivity index (χ0) is 12.3. The smallest absolute Gasteiger partial charge is 0.282 e. The first kappa shape index (κ1) is 11.5. The monoisotopic (exact) mass is 220 g/mol. The summed E-state index contributed by atoms with van der Waals surface area (Å²) in [6, 6.07) is 3.95. The van der Waals surface area contributed by atoms with E-state index in [0.29, 0.717) is 0 Å². The van der Waals surface area contributed by atoms with Crippen LogP contribution in [-0.2, 0) is 0 Å². The standard InChI is InChI=1S/C9H8N4O3/c10-4-3-7(14)8-6(13(15)16)2-1-5(11)9(8)12/h1-2H,3,11-12H2. The van der Waals surface area contributed by atoms with Gasteiger partial charge >= 0.3 is 0 Å². The molecule has 1 rings (SSSR count). The number of hydrogen-bond donors (Lipinski definition) is 2. The van der Waals surface area contributed by atoms with Crippen LogP contribution in [0.4, 0.5) is 17.1 Å². The molecule has 0 spiro atoms. The van der Waals surface area contributed by atoms with Gasteiger partial charge in [0, 0.05) is 6.07 Å². The molecule has 4 N–H and O–H groups in total. The van der Waals surface area contributed by atoms with Crippen molar-refractivity contribution in [3.8, 4) is 6.07 Å². The Kier molecular flexibility index (Phi) is 3.06. The number of Topliss-reactive ketones (excluding diaryl/α,β-unsaturated/α-hetero) is 1. The minimum Gasteiger partial charge on any atom is -0.397 e. The summed E-state index contributed by atoms with van der Waals surface area (Å²) in [7, 11) is 0. The molecule has 0 atom stereocenters. The van der Waals surface area contributed by atoms with Gasteiger partial charge in [0.1, 0.15) is 5.56 Å². The fraction of sp³-hybridized carbons (Fsp3) is 0.111. The van der Waals surface area contributed by atoms with E-state index in [0.717, 1.165) is 6.07 Å². The predicted octanol–water partition coefficient (Wildman–Crippen LogP) is 0.856. The summed E-state index contributed by atoms with van der Waals surface area (Å²) < 4.78 is 0. The predicted molar refractivity (Wildman–Crippen MR) is 56.5 cm³/mol. The van der Waals surface area contributed by atoms with Crippen LogP contribution in [0.1, 0.15) is 16.8 Å². The lowest BCUT2D eigenvalue weighted by atomic mass is 10.0. The highest BCUT2D eigenvalue weighted by atomic mass is 16.6. The van der Waals surface area contributed by atoms with Crippen LogP contribution in [-0.4, -0.2) is 10.7 Å². The summed E-state index contributed by atoms with van der Waals surface area (Å²) in [5.41, 5.74) is 10.1. The van der Waals surface area contributed by atoms with Crippen molar-refractivity contribution in [2.24, 2.45) is 0 Å². The molecule has 0 heterocycles. The Hall–Kier alpha value is -2.62. The lowest BCUT2D eigenvalue weighted by molar-refractivity contribution is -0.385. The molecular weight excluding hydrogens is 212 g/mol. The Labute approximate surface area is 90.4 Å². The molecule has 0 bridgehead atoms. The average molecular weight is 220 g/mol. The van der Waals surface area contributed by atoms with Gasteiger partial charge in [-0.25, -0.2) is 0 Å². The van der Waals surface area contributed by atoms with Gasteiger partial charge in [0.25, 0.3) is 5.69 Å². The first-order valence-electron chi connectivity index (χ1n) is 4.21. The molecule has 0 saturated heterocycles. The Morgan fingerprint density at radius 2 is 2.12 bits per heavy atom. The lowest BCUT2D eigenvalue weighted by Gasteiger charge is -2.06. The third kappa shape index (κ3) is 1.90. The maximum Gasteiger partial charge on any atom is 0.282 e. The summed E-state index contributed by atoms with van der Waals surface area (Å²) in [5.74, 6) is -0.709. The van der Waals surface area contributed by atoms with Gasteiger partial charge in [0.2, 0.25) is 0 Å². The number of carbonyl (C=O) groups is 1. The summed E-state index contributed by atoms with van der Waals surface area (Å²) >= 11 is 0. The van der Waals surface area contributed by atoms with Crippen molar-refractivity contribution in [2.75, 3.05) is 11.5 Å². The van der Waals surface area contributed by atoms with Crippen molar-refractivity contribution in [1.29, 1.82) is 5.26 Å². The molecule has 0 radical (unpaired) electrons. The first-order chi connectivity index (χ1) is 7.49. The van der Waals surface area contributed by atoms with E-state index in [4.69, 9.17) is 16.7 Å². The van der Waals surface area contributed by atoms with E-state index in [-0.39, 0.29) is 16.9 Å². The van der Waals surface area contributed by atoms with Gasteiger partial charge in [-0.15, -0.1) is 0 Å². The van der Waals surface area contributed by atoms with Crippen LogP contribution in [0.25, 0.3) is 0 Å². The van der Waals surface area contributed by atoms with Crippen LogP contribution in [0.3, 0.4) is 0 Å². The Bertz CT molecular complexity index is 504. The van der Waals surface area contributed by atoms with Gasteiger partial charge < -0.3 is 11.5 Å². The lowest BCUT2D eigenvalue weighted by Crippen LogP contribution is -2.09. The van der Waals surface area contributed by atoms with E-state index >= 15 is 0 Å². The molecule has 0 unspecified atom stereocenters. The van der Waals surface area contributed by atoms with E-state index < -0.39 is 22.8 Å². The molecule has 7 heteroatoms. The van der Waals surface area contributed by atoms with Crippen molar-refractivity contribution in [2.45, 2.75) is 6.42 Å². The van der Waals surface area contributed by atoms with Crippen LogP contribution in [0, 0.1) is 21.4 Å². The van der Waals surface area contributed by atoms with Crippen LogP contribution in [0.15, 0.2) is 12.1 Å². The van der Waals surface area contributed by atoms with Crippen molar-refractivity contribution >= 4 is 22.8 Å². The number of nitrogens with zero attached hydrogens (tertiary/aromatic N) is 2. The second-order valence-electron chi connectivity index (χ2n) is 2.98. The van der Waals surface area contributed by atoms with Crippen molar-refractivity contribution in [3.63, 3.8) is 0 Å². The Morgan fingerprint density at radius 3 is 2.62 bits per heavy atom. The van der Waals surface area contributed by atoms with E-state index in [9.17, 15) is 14.9 Å². The van der Waals surface area contributed by atoms with Crippen molar-refractivity contribution in [3.05, 3.63) is 27.8 Å². The van der Waals surface area contributed by atoms with E-state index in [1.807, 2.05) is 0 Å². The van der Waals surface area contributed by atoms with Gasteiger partial charge in [0.05, 0.1) is 28.8 Å². The molecule has 1 aromatic rings. The number of anilines is 2. The summed E-state index contributed by atoms with van der Waals surface area (Å²) in [6.45, 7) is 0. The molecule has 0 aliphatic rings. The molecule has 0 aliphatic carbocycles. The number of nitrogen functional groups attached to an aromatic ring is 2. The highest BCUT2D eigenvalue weighted by Crippen LogP contribution is 2.30. The van der Waals surface area contributed by atoms with Crippen LogP contribution < -0.4 is 11.5 Å². The SMILES string of the molecule is N#CCC(=O)c1c([N+](=O)[O-])ccc(N)c1N. The summed E-state index contributed by atoms with van der Waals surface area (Å²) in [6.07, 6.45) is -0.478. The molecule has 0 aromatic heterocycles. The number of nitro benzene ring substituents is 1. The number of nitriles is 1. The van der Waals surface area contributed by atoms with Crippen molar-refractivity contribution in [1.82, 2.24) is 0 Å². The normalized spacial score (nSPS) is 9.44. The number of ketones is 1. The molecule has 7 nitrogen and oxygen atoms in total. The summed E-state index contributed by atoms with van der Waals surface area (Å²) in [4.78, 5) is 21.4. The average Bonchev–Trinajstić information content (AvgIpc) is 2.21. The van der Waals surface area contributed by atoms with Gasteiger partial charge in [-0.3, -0.25) is 14.9 Å². The molecular formula is C9H8N4O3. The van der Waals surface area contributed by atoms with Crippen LogP contribution in [0.2, 0.25) is 0 Å². The number of nitro groups is 1. The first-order valence-corrected chi connectivity index (χ1v) is 4.21. The Balaban J connectivity index is 3.44. The van der Waals surface area contributed by atoms with Gasteiger partial charge in [0.15, 0.2) is 5.78 Å². The van der Waals surface area contributed by atoms with Gasteiger partial charge in [-0.2, -0.15) is 5.26 Å². The van der Waals surface area contributed by atoms with Crippen LogP contribution in [0.5, 0.6) is 0 Å². The zero-order valence-corrected chi connectivity index (χ0v) is 8.14. The molecule has 0 saturated carbocycles. The number of benzene rings is 1. The van der Waals surface area contributed by atoms with E-state index in [1.165, 1.54) is 6.07 Å². The highest BCUT2D eigenvalue weighted by Gasteiger charge is 2.24. The maximum atomic E-state index is 11.5. The second kappa shape index (κ2) is 4.27. The molecule has 82 valence electrons. The molecule has 1 aromatic carbocycles. The second-order valence-corrected chi connectivity index (χ2v) is 2.98. The minimum atomic E-state index is -0.736. The third-order valence-electron chi connectivity index (χ3n) is 1.97. The number of carbonyl (C=O) groups excluding carboxylic acids is 1. The number of nitrogens with two attached hydrogens (primary N) is 2. The van der Waals surface area contributed by atoms with Gasteiger partial charge in [-0.05, 0) is 6.07 Å². The van der Waals surface area contributed by atoms with Crippen molar-refractivity contribution < 1.29 is 9.72 Å². The topological polar surface area (TPSA) is 136 Å². The maximum absolute atomic E-state index is 11.5. The van der Waals surface area contributed by atoms with E-state index in [1.54, 1.807) is 6.07 Å². The third-order valence-corrected chi connectivity index (χ3v) is 1.97. The quantitative estimate of drug-likeness (QED) is 0.335. The fourth-order valence-corrected chi connectivity index (χ4v) is 1.23. The fourth-order valence-electron chi connectivity index (χ4n) is 1.23. The largest absolute Gasteiger partial charge is 0.397 e. The molecule has 0 aliphatic heterocycles. The zero-order valence-electron chi connectivity index (χ0n) is 8.14. The van der Waals surface area contributed by atoms with Gasteiger partial charge in [-0.1, -0.05) is 0 Å². The van der Waals surface area contributed by atoms with Crippen LogP contribution >= 0.6 is 0 Å². The highest BCUT2D eigenvalue weighted by molar-refractivity contribution is 6.07.